The molecule has 0 radical (unpaired) electrons. The number of fused-ring (bicyclic) bond motifs is 1. The molecule has 6 heteroatoms. The molecule has 2 heterocycles. The van der Waals surface area contributed by atoms with E-state index in [0.29, 0.717) is 28.5 Å². The highest BCUT2D eigenvalue weighted by atomic mass is 16.3. The van der Waals surface area contributed by atoms with Crippen molar-refractivity contribution in [1.29, 1.82) is 0 Å². The Morgan fingerprint density at radius 2 is 1.79 bits per heavy atom. The van der Waals surface area contributed by atoms with Crippen molar-refractivity contribution in [1.82, 2.24) is 9.97 Å². The van der Waals surface area contributed by atoms with Crippen LogP contribution in [0.25, 0.3) is 22.4 Å². The maximum Gasteiger partial charge on any atom is 0.291 e. The fourth-order valence-corrected chi connectivity index (χ4v) is 3.54. The number of furan rings is 1. The zero-order valence-corrected chi connectivity index (χ0v) is 16.7. The van der Waals surface area contributed by atoms with E-state index in [1.54, 1.807) is 25.1 Å². The van der Waals surface area contributed by atoms with Crippen LogP contribution in [0.3, 0.4) is 0 Å². The number of nitrogens with one attached hydrogen (secondary N) is 2. The van der Waals surface area contributed by atoms with E-state index in [-0.39, 0.29) is 11.5 Å². The number of hydrogen-bond donors (Lipinski definition) is 2. The summed E-state index contributed by atoms with van der Waals surface area (Å²) >= 11 is 0. The number of nitrogens with zero attached hydrogens (tertiary/aromatic N) is 1. The van der Waals surface area contributed by atoms with Crippen molar-refractivity contribution in [3.63, 3.8) is 0 Å². The first-order chi connectivity index (χ1) is 13.8. The average Bonchev–Trinajstić information content (AvgIpc) is 3.03. The van der Waals surface area contributed by atoms with E-state index in [4.69, 9.17) is 4.42 Å². The summed E-state index contributed by atoms with van der Waals surface area (Å²) in [5.74, 6) is 0.433. The zero-order chi connectivity index (χ0) is 20.7. The first-order valence-corrected chi connectivity index (χ1v) is 9.32. The Kier molecular flexibility index (Phi) is 4.54. The lowest BCUT2D eigenvalue weighted by Crippen LogP contribution is -2.12. The number of aryl methyl sites for hydroxylation is 4. The van der Waals surface area contributed by atoms with Gasteiger partial charge in [-0.2, -0.15) is 0 Å². The average molecular weight is 387 g/mol. The van der Waals surface area contributed by atoms with E-state index in [1.165, 1.54) is 6.07 Å². The Morgan fingerprint density at radius 3 is 2.52 bits per heavy atom. The van der Waals surface area contributed by atoms with Gasteiger partial charge in [-0.3, -0.25) is 9.59 Å². The van der Waals surface area contributed by atoms with Crippen LogP contribution >= 0.6 is 0 Å². The van der Waals surface area contributed by atoms with Gasteiger partial charge in [-0.05, 0) is 51.0 Å². The molecule has 0 aliphatic rings. The summed E-state index contributed by atoms with van der Waals surface area (Å²) in [6.07, 6.45) is 0. The minimum atomic E-state index is -0.319. The minimum absolute atomic E-state index is 0.217. The van der Waals surface area contributed by atoms with Gasteiger partial charge in [0.1, 0.15) is 11.4 Å². The first-order valence-electron chi connectivity index (χ1n) is 9.32. The minimum Gasteiger partial charge on any atom is -0.450 e. The Bertz CT molecular complexity index is 1310. The van der Waals surface area contributed by atoms with Crippen molar-refractivity contribution in [2.75, 3.05) is 5.32 Å². The van der Waals surface area contributed by atoms with Crippen molar-refractivity contribution >= 4 is 22.6 Å². The van der Waals surface area contributed by atoms with Gasteiger partial charge in [0.25, 0.3) is 11.5 Å². The highest BCUT2D eigenvalue weighted by molar-refractivity contribution is 6.07. The van der Waals surface area contributed by atoms with Crippen LogP contribution in [0, 0.1) is 27.7 Å². The molecule has 0 aliphatic carbocycles. The predicted octanol–water partition coefficient (Wildman–Crippen LogP) is 4.67. The van der Waals surface area contributed by atoms with Crippen LogP contribution < -0.4 is 10.9 Å². The van der Waals surface area contributed by atoms with E-state index >= 15 is 0 Å². The monoisotopic (exact) mass is 387 g/mol. The van der Waals surface area contributed by atoms with Crippen LogP contribution in [-0.2, 0) is 0 Å². The molecule has 0 atom stereocenters. The fourth-order valence-electron chi connectivity index (χ4n) is 3.54. The summed E-state index contributed by atoms with van der Waals surface area (Å²) in [5, 5.41) is 3.86. The van der Waals surface area contributed by atoms with Crippen LogP contribution in [-0.4, -0.2) is 15.9 Å². The molecule has 2 aromatic carbocycles. The fraction of sp³-hybridized carbons (Fsp3) is 0.174. The molecule has 0 spiro atoms. The second-order valence-corrected chi connectivity index (χ2v) is 7.23. The summed E-state index contributed by atoms with van der Waals surface area (Å²) in [5.41, 5.74) is 5.32. The van der Waals surface area contributed by atoms with Crippen LogP contribution in [0.5, 0.6) is 0 Å². The van der Waals surface area contributed by atoms with Crippen molar-refractivity contribution in [2.45, 2.75) is 27.7 Å². The number of amides is 1. The second kappa shape index (κ2) is 7.05. The lowest BCUT2D eigenvalue weighted by atomic mass is 10.0. The van der Waals surface area contributed by atoms with Gasteiger partial charge >= 0.3 is 0 Å². The molecule has 29 heavy (non-hydrogen) atoms. The molecule has 2 N–H and O–H groups in total. The van der Waals surface area contributed by atoms with Crippen LogP contribution in [0.2, 0.25) is 0 Å². The number of H-pyrrole nitrogens is 1. The number of carbonyl (C=O) groups excluding carboxylic acids is 1. The normalized spacial score (nSPS) is 11.0. The molecule has 146 valence electrons. The Hall–Kier alpha value is -3.67. The third-order valence-corrected chi connectivity index (χ3v) is 4.95. The van der Waals surface area contributed by atoms with Gasteiger partial charge in [0, 0.05) is 34.0 Å². The summed E-state index contributed by atoms with van der Waals surface area (Å²) in [6.45, 7) is 7.63. The molecule has 0 aliphatic heterocycles. The molecular weight excluding hydrogens is 366 g/mol. The molecule has 4 aromatic rings. The number of aromatic amines is 1. The number of rotatable bonds is 3. The molecule has 0 saturated carbocycles. The molecule has 0 unspecified atom stereocenters. The van der Waals surface area contributed by atoms with Gasteiger partial charge in [0.15, 0.2) is 5.76 Å². The predicted molar refractivity (Wildman–Crippen MR) is 113 cm³/mol. The lowest BCUT2D eigenvalue weighted by Gasteiger charge is -2.07. The Balaban J connectivity index is 1.68. The van der Waals surface area contributed by atoms with Crippen molar-refractivity contribution in [3.8, 4) is 11.4 Å². The van der Waals surface area contributed by atoms with Gasteiger partial charge in [-0.15, -0.1) is 0 Å². The number of aromatic nitrogens is 2. The highest BCUT2D eigenvalue weighted by Gasteiger charge is 2.20. The standard InChI is InChI=1S/C23H21N3O3/c1-12-8-9-13(2)20-19(12)15(4)21(29-20)23(28)25-17-7-5-6-16(11-17)22-24-14(3)10-18(27)26-22/h5-11H,1-4H3,(H,25,28)(H,24,26,27). The third-order valence-electron chi connectivity index (χ3n) is 4.95. The molecule has 0 fully saturated rings. The molecule has 1 amide bonds. The third kappa shape index (κ3) is 3.45. The Morgan fingerprint density at radius 1 is 1.03 bits per heavy atom. The maximum atomic E-state index is 12.9. The summed E-state index contributed by atoms with van der Waals surface area (Å²) in [6, 6.07) is 12.6. The van der Waals surface area contributed by atoms with Gasteiger partial charge in [-0.25, -0.2) is 4.98 Å². The van der Waals surface area contributed by atoms with Gasteiger partial charge < -0.3 is 14.7 Å². The molecule has 0 bridgehead atoms. The molecule has 4 rings (SSSR count). The molecule has 0 saturated heterocycles. The van der Waals surface area contributed by atoms with Crippen molar-refractivity contribution in [3.05, 3.63) is 81.0 Å². The SMILES string of the molecule is Cc1cc(=O)[nH]c(-c2cccc(NC(=O)c3oc4c(C)ccc(C)c4c3C)c2)n1. The van der Waals surface area contributed by atoms with Gasteiger partial charge in [0.2, 0.25) is 0 Å². The highest BCUT2D eigenvalue weighted by Crippen LogP contribution is 2.31. The number of hydrogen-bond acceptors (Lipinski definition) is 4. The second-order valence-electron chi connectivity index (χ2n) is 7.23. The summed E-state index contributed by atoms with van der Waals surface area (Å²) in [7, 11) is 0. The van der Waals surface area contributed by atoms with Crippen molar-refractivity contribution in [2.24, 2.45) is 0 Å². The summed E-state index contributed by atoms with van der Waals surface area (Å²) < 4.78 is 5.92. The Labute approximate surface area is 167 Å². The largest absolute Gasteiger partial charge is 0.450 e. The van der Waals surface area contributed by atoms with E-state index < -0.39 is 0 Å². The summed E-state index contributed by atoms with van der Waals surface area (Å²) in [4.78, 5) is 31.7. The first kappa shape index (κ1) is 18.7. The molecule has 2 aromatic heterocycles. The van der Waals surface area contributed by atoms with Crippen LogP contribution in [0.1, 0.15) is 32.9 Å². The van der Waals surface area contributed by atoms with Crippen LogP contribution in [0.4, 0.5) is 5.69 Å². The molecule has 6 nitrogen and oxygen atoms in total. The van der Waals surface area contributed by atoms with E-state index in [2.05, 4.69) is 15.3 Å². The van der Waals surface area contributed by atoms with Crippen molar-refractivity contribution < 1.29 is 9.21 Å². The zero-order valence-electron chi connectivity index (χ0n) is 16.7. The number of benzene rings is 2. The van der Waals surface area contributed by atoms with E-state index in [1.807, 2.05) is 39.0 Å². The molecular formula is C23H21N3O3. The number of carbonyl (C=O) groups is 1. The van der Waals surface area contributed by atoms with Crippen LogP contribution in [0.15, 0.2) is 51.7 Å². The quantitative estimate of drug-likeness (QED) is 0.535. The smallest absolute Gasteiger partial charge is 0.291 e. The van der Waals surface area contributed by atoms with Gasteiger partial charge in [-0.1, -0.05) is 24.3 Å². The lowest BCUT2D eigenvalue weighted by molar-refractivity contribution is 0.0998. The van der Waals surface area contributed by atoms with Gasteiger partial charge in [0.05, 0.1) is 0 Å². The van der Waals surface area contributed by atoms with E-state index in [9.17, 15) is 9.59 Å². The van der Waals surface area contributed by atoms with E-state index in [0.717, 1.165) is 27.7 Å². The topological polar surface area (TPSA) is 88.0 Å². The maximum absolute atomic E-state index is 12.9. The number of anilines is 1.